The van der Waals surface area contributed by atoms with Crippen molar-refractivity contribution < 1.29 is 14.4 Å². The summed E-state index contributed by atoms with van der Waals surface area (Å²) < 4.78 is 0. The minimum atomic E-state index is -0.483. The SMILES string of the molecule is CC(C)NC(=O)CNC(=O)C[C@@H]1Sc2ccccc2NC1=O. The first-order valence-corrected chi connectivity index (χ1v) is 7.96. The molecule has 1 heterocycles. The third kappa shape index (κ3) is 4.49. The number of rotatable bonds is 5. The Morgan fingerprint density at radius 1 is 1.27 bits per heavy atom. The van der Waals surface area contributed by atoms with Crippen molar-refractivity contribution in [2.45, 2.75) is 36.5 Å². The van der Waals surface area contributed by atoms with Crippen molar-refractivity contribution in [3.05, 3.63) is 24.3 Å². The molecule has 0 spiro atoms. The van der Waals surface area contributed by atoms with E-state index in [-0.39, 0.29) is 36.7 Å². The highest BCUT2D eigenvalue weighted by atomic mass is 32.2. The number of carbonyl (C=O) groups excluding carboxylic acids is 3. The van der Waals surface area contributed by atoms with Crippen LogP contribution in [0.1, 0.15) is 20.3 Å². The summed E-state index contributed by atoms with van der Waals surface area (Å²) in [5.74, 6) is -0.745. The quantitative estimate of drug-likeness (QED) is 0.759. The summed E-state index contributed by atoms with van der Waals surface area (Å²) in [7, 11) is 0. The van der Waals surface area contributed by atoms with E-state index in [4.69, 9.17) is 0 Å². The Kier molecular flexibility index (Phi) is 5.43. The summed E-state index contributed by atoms with van der Waals surface area (Å²) in [6.07, 6.45) is 0.0415. The Balaban J connectivity index is 1.85. The van der Waals surface area contributed by atoms with E-state index >= 15 is 0 Å². The molecular weight excluding hydrogens is 302 g/mol. The molecule has 0 saturated heterocycles. The van der Waals surface area contributed by atoms with Crippen LogP contribution in [-0.4, -0.2) is 35.6 Å². The molecule has 22 heavy (non-hydrogen) atoms. The molecule has 2 rings (SSSR count). The molecule has 3 amide bonds. The third-order valence-electron chi connectivity index (χ3n) is 2.97. The van der Waals surface area contributed by atoms with Crippen LogP contribution in [0.2, 0.25) is 0 Å². The number of amides is 3. The lowest BCUT2D eigenvalue weighted by Gasteiger charge is -2.23. The molecule has 0 unspecified atom stereocenters. The Morgan fingerprint density at radius 3 is 2.73 bits per heavy atom. The van der Waals surface area contributed by atoms with Crippen molar-refractivity contribution in [2.24, 2.45) is 0 Å². The van der Waals surface area contributed by atoms with Crippen LogP contribution in [0.4, 0.5) is 5.69 Å². The first kappa shape index (κ1) is 16.4. The lowest BCUT2D eigenvalue weighted by molar-refractivity contribution is -0.127. The molecule has 0 saturated carbocycles. The van der Waals surface area contributed by atoms with E-state index in [0.717, 1.165) is 10.6 Å². The molecule has 0 fully saturated rings. The van der Waals surface area contributed by atoms with Crippen LogP contribution in [0.15, 0.2) is 29.2 Å². The topological polar surface area (TPSA) is 87.3 Å². The second-order valence-electron chi connectivity index (χ2n) is 5.29. The minimum Gasteiger partial charge on any atom is -0.352 e. The fourth-order valence-electron chi connectivity index (χ4n) is 2.02. The van der Waals surface area contributed by atoms with Crippen LogP contribution in [0.25, 0.3) is 0 Å². The van der Waals surface area contributed by atoms with E-state index in [2.05, 4.69) is 16.0 Å². The van der Waals surface area contributed by atoms with Crippen LogP contribution >= 0.6 is 11.8 Å². The summed E-state index contributed by atoms with van der Waals surface area (Å²) in [5.41, 5.74) is 0.769. The molecule has 0 radical (unpaired) electrons. The third-order valence-corrected chi connectivity index (χ3v) is 4.25. The van der Waals surface area contributed by atoms with Gasteiger partial charge in [0.1, 0.15) is 0 Å². The molecule has 118 valence electrons. The molecule has 1 atom stereocenters. The second-order valence-corrected chi connectivity index (χ2v) is 6.54. The molecule has 6 nitrogen and oxygen atoms in total. The largest absolute Gasteiger partial charge is 0.352 e. The molecule has 0 aliphatic carbocycles. The molecule has 0 bridgehead atoms. The molecular formula is C15H19N3O3S. The molecule has 0 aromatic heterocycles. The zero-order valence-electron chi connectivity index (χ0n) is 12.5. The Bertz CT molecular complexity index is 589. The van der Waals surface area contributed by atoms with Gasteiger partial charge in [0.15, 0.2) is 0 Å². The van der Waals surface area contributed by atoms with E-state index in [1.807, 2.05) is 38.1 Å². The van der Waals surface area contributed by atoms with Gasteiger partial charge in [0.2, 0.25) is 17.7 Å². The van der Waals surface area contributed by atoms with Gasteiger partial charge in [-0.3, -0.25) is 14.4 Å². The molecule has 1 aromatic rings. The van der Waals surface area contributed by atoms with Crippen LogP contribution in [0, 0.1) is 0 Å². The van der Waals surface area contributed by atoms with Gasteiger partial charge in [-0.15, -0.1) is 11.8 Å². The van der Waals surface area contributed by atoms with Gasteiger partial charge in [0, 0.05) is 17.4 Å². The fraction of sp³-hybridized carbons (Fsp3) is 0.400. The van der Waals surface area contributed by atoms with E-state index < -0.39 is 5.25 Å². The number of benzene rings is 1. The summed E-state index contributed by atoms with van der Waals surface area (Å²) in [6, 6.07) is 7.49. The summed E-state index contributed by atoms with van der Waals surface area (Å²) in [4.78, 5) is 36.3. The molecule has 3 N–H and O–H groups in total. The van der Waals surface area contributed by atoms with Gasteiger partial charge in [0.05, 0.1) is 17.5 Å². The minimum absolute atomic E-state index is 0.0283. The Hall–Kier alpha value is -2.02. The van der Waals surface area contributed by atoms with Gasteiger partial charge < -0.3 is 16.0 Å². The highest BCUT2D eigenvalue weighted by Crippen LogP contribution is 2.36. The maximum absolute atomic E-state index is 12.0. The van der Waals surface area contributed by atoms with Crippen molar-refractivity contribution >= 4 is 35.2 Å². The van der Waals surface area contributed by atoms with E-state index in [0.29, 0.717) is 0 Å². The van der Waals surface area contributed by atoms with E-state index in [1.54, 1.807) is 0 Å². The Labute approximate surface area is 133 Å². The van der Waals surface area contributed by atoms with Crippen molar-refractivity contribution in [1.82, 2.24) is 10.6 Å². The van der Waals surface area contributed by atoms with Gasteiger partial charge in [-0.2, -0.15) is 0 Å². The van der Waals surface area contributed by atoms with Gasteiger partial charge in [-0.05, 0) is 26.0 Å². The normalized spacial score (nSPS) is 16.7. The van der Waals surface area contributed by atoms with Crippen LogP contribution < -0.4 is 16.0 Å². The van der Waals surface area contributed by atoms with Crippen LogP contribution in [-0.2, 0) is 14.4 Å². The maximum Gasteiger partial charge on any atom is 0.239 e. The monoisotopic (exact) mass is 321 g/mol. The predicted octanol–water partition coefficient (Wildman–Crippen LogP) is 1.13. The lowest BCUT2D eigenvalue weighted by Crippen LogP contribution is -2.41. The van der Waals surface area contributed by atoms with Gasteiger partial charge in [-0.25, -0.2) is 0 Å². The average Bonchev–Trinajstić information content (AvgIpc) is 2.45. The number of carbonyl (C=O) groups is 3. The number of hydrogen-bond acceptors (Lipinski definition) is 4. The van der Waals surface area contributed by atoms with Crippen LogP contribution in [0.5, 0.6) is 0 Å². The van der Waals surface area contributed by atoms with Gasteiger partial charge >= 0.3 is 0 Å². The number of fused-ring (bicyclic) bond motifs is 1. The lowest BCUT2D eigenvalue weighted by atomic mass is 10.2. The fourth-order valence-corrected chi connectivity index (χ4v) is 3.13. The first-order chi connectivity index (χ1) is 10.5. The van der Waals surface area contributed by atoms with E-state index in [1.165, 1.54) is 11.8 Å². The number of thioether (sulfide) groups is 1. The summed E-state index contributed by atoms with van der Waals surface area (Å²) >= 11 is 1.36. The average molecular weight is 321 g/mol. The van der Waals surface area contributed by atoms with E-state index in [9.17, 15) is 14.4 Å². The van der Waals surface area contributed by atoms with Crippen LogP contribution in [0.3, 0.4) is 0 Å². The zero-order chi connectivity index (χ0) is 16.1. The zero-order valence-corrected chi connectivity index (χ0v) is 13.3. The van der Waals surface area contributed by atoms with Crippen molar-refractivity contribution in [3.63, 3.8) is 0 Å². The predicted molar refractivity (Wildman–Crippen MR) is 85.6 cm³/mol. The highest BCUT2D eigenvalue weighted by molar-refractivity contribution is 8.01. The maximum atomic E-state index is 12.0. The van der Waals surface area contributed by atoms with Crippen molar-refractivity contribution in [2.75, 3.05) is 11.9 Å². The number of hydrogen-bond donors (Lipinski definition) is 3. The number of para-hydroxylation sites is 1. The number of anilines is 1. The summed E-state index contributed by atoms with van der Waals surface area (Å²) in [5, 5.41) is 7.52. The second kappa shape index (κ2) is 7.31. The standard InChI is InChI=1S/C15H19N3O3S/c1-9(2)17-14(20)8-16-13(19)7-12-15(21)18-10-5-3-4-6-11(10)22-12/h3-6,9,12H,7-8H2,1-2H3,(H,16,19)(H,17,20)(H,18,21)/t12-/m0/s1. The van der Waals surface area contributed by atoms with Crippen molar-refractivity contribution in [1.29, 1.82) is 0 Å². The number of nitrogens with one attached hydrogen (secondary N) is 3. The Morgan fingerprint density at radius 2 is 2.00 bits per heavy atom. The molecule has 1 aromatic carbocycles. The molecule has 1 aliphatic heterocycles. The smallest absolute Gasteiger partial charge is 0.239 e. The highest BCUT2D eigenvalue weighted by Gasteiger charge is 2.28. The summed E-state index contributed by atoms with van der Waals surface area (Å²) in [6.45, 7) is 3.62. The van der Waals surface area contributed by atoms with Gasteiger partial charge in [-0.1, -0.05) is 12.1 Å². The molecule has 7 heteroatoms. The van der Waals surface area contributed by atoms with Crippen molar-refractivity contribution in [3.8, 4) is 0 Å². The molecule has 1 aliphatic rings. The first-order valence-electron chi connectivity index (χ1n) is 7.08. The van der Waals surface area contributed by atoms with Gasteiger partial charge in [0.25, 0.3) is 0 Å².